The highest BCUT2D eigenvalue weighted by atomic mass is 16.2. The maximum Gasteiger partial charge on any atom is 0.237 e. The zero-order chi connectivity index (χ0) is 14.4. The predicted molar refractivity (Wildman–Crippen MR) is 75.7 cm³/mol. The van der Waals surface area contributed by atoms with Crippen molar-refractivity contribution in [2.75, 3.05) is 0 Å². The molecule has 1 aromatic carbocycles. The molecule has 2 N–H and O–H groups in total. The van der Waals surface area contributed by atoms with Crippen molar-refractivity contribution in [1.82, 2.24) is 10.6 Å². The van der Waals surface area contributed by atoms with Crippen LogP contribution in [0.2, 0.25) is 0 Å². The van der Waals surface area contributed by atoms with Crippen LogP contribution in [0.25, 0.3) is 0 Å². The van der Waals surface area contributed by atoms with Crippen molar-refractivity contribution in [3.8, 4) is 0 Å². The molecule has 1 aromatic rings. The van der Waals surface area contributed by atoms with E-state index >= 15 is 0 Å². The number of amides is 2. The third-order valence-corrected chi connectivity index (χ3v) is 2.52. The summed E-state index contributed by atoms with van der Waals surface area (Å²) in [7, 11) is 0. The minimum absolute atomic E-state index is 0.00515. The van der Waals surface area contributed by atoms with Crippen LogP contribution in [0.1, 0.15) is 39.2 Å². The smallest absolute Gasteiger partial charge is 0.237 e. The summed E-state index contributed by atoms with van der Waals surface area (Å²) in [6, 6.07) is 9.12. The Kier molecular flexibility index (Phi) is 5.55. The normalized spacial score (nSPS) is 10.9. The van der Waals surface area contributed by atoms with E-state index in [1.807, 2.05) is 45.9 Å². The molecule has 2 amide bonds. The standard InChI is InChI=1S/C15H22N2O2/c1-10(2)16-14(18)13(15(19)17-11(3)4)12-8-6-5-7-9-12/h5-11,13H,1-4H3,(H,16,18)(H,17,19). The second-order valence-electron chi connectivity index (χ2n) is 5.17. The van der Waals surface area contributed by atoms with Crippen LogP contribution >= 0.6 is 0 Å². The van der Waals surface area contributed by atoms with Gasteiger partial charge in [-0.3, -0.25) is 9.59 Å². The number of carbonyl (C=O) groups is 2. The lowest BCUT2D eigenvalue weighted by Gasteiger charge is -2.20. The monoisotopic (exact) mass is 262 g/mol. The summed E-state index contributed by atoms with van der Waals surface area (Å²) in [6.07, 6.45) is 0. The molecule has 0 aromatic heterocycles. The predicted octanol–water partition coefficient (Wildman–Crippen LogP) is 1.82. The van der Waals surface area contributed by atoms with E-state index in [0.29, 0.717) is 5.56 Å². The first-order valence-electron chi connectivity index (χ1n) is 6.57. The zero-order valence-electron chi connectivity index (χ0n) is 11.9. The summed E-state index contributed by atoms with van der Waals surface area (Å²) >= 11 is 0. The minimum Gasteiger partial charge on any atom is -0.353 e. The van der Waals surface area contributed by atoms with E-state index in [2.05, 4.69) is 10.6 Å². The van der Waals surface area contributed by atoms with Gasteiger partial charge in [0, 0.05) is 12.1 Å². The van der Waals surface area contributed by atoms with Gasteiger partial charge in [0.1, 0.15) is 5.92 Å². The van der Waals surface area contributed by atoms with E-state index in [1.54, 1.807) is 12.1 Å². The van der Waals surface area contributed by atoms with Crippen molar-refractivity contribution in [1.29, 1.82) is 0 Å². The van der Waals surface area contributed by atoms with Gasteiger partial charge in [0.2, 0.25) is 11.8 Å². The van der Waals surface area contributed by atoms with Crippen molar-refractivity contribution in [2.24, 2.45) is 0 Å². The molecule has 0 aliphatic heterocycles. The number of hydrogen-bond donors (Lipinski definition) is 2. The summed E-state index contributed by atoms with van der Waals surface area (Å²) in [5, 5.41) is 5.59. The molecule has 0 saturated heterocycles. The lowest BCUT2D eigenvalue weighted by atomic mass is 9.96. The van der Waals surface area contributed by atoms with Gasteiger partial charge < -0.3 is 10.6 Å². The Hall–Kier alpha value is -1.84. The number of carbonyl (C=O) groups excluding carboxylic acids is 2. The largest absolute Gasteiger partial charge is 0.353 e. The molecule has 0 aliphatic rings. The van der Waals surface area contributed by atoms with Gasteiger partial charge in [0.15, 0.2) is 0 Å². The highest BCUT2D eigenvalue weighted by molar-refractivity contribution is 6.05. The summed E-state index contributed by atoms with van der Waals surface area (Å²) in [5.41, 5.74) is 0.707. The Bertz CT molecular complexity index is 405. The molecule has 0 atom stereocenters. The second-order valence-corrected chi connectivity index (χ2v) is 5.17. The van der Waals surface area contributed by atoms with Gasteiger partial charge in [-0.2, -0.15) is 0 Å². The molecule has 0 spiro atoms. The van der Waals surface area contributed by atoms with Gasteiger partial charge in [-0.05, 0) is 33.3 Å². The first kappa shape index (κ1) is 15.2. The van der Waals surface area contributed by atoms with Crippen LogP contribution in [0.4, 0.5) is 0 Å². The summed E-state index contributed by atoms with van der Waals surface area (Å²) < 4.78 is 0. The molecule has 104 valence electrons. The molecule has 0 aliphatic carbocycles. The van der Waals surface area contributed by atoms with Crippen LogP contribution in [-0.2, 0) is 9.59 Å². The fourth-order valence-corrected chi connectivity index (χ4v) is 1.80. The van der Waals surface area contributed by atoms with Crippen LogP contribution in [0, 0.1) is 0 Å². The Morgan fingerprint density at radius 2 is 1.26 bits per heavy atom. The fraction of sp³-hybridized carbons (Fsp3) is 0.467. The molecule has 0 heterocycles. The molecule has 4 heteroatoms. The van der Waals surface area contributed by atoms with Crippen molar-refractivity contribution in [3.05, 3.63) is 35.9 Å². The molecule has 0 radical (unpaired) electrons. The number of nitrogens with one attached hydrogen (secondary N) is 2. The third-order valence-electron chi connectivity index (χ3n) is 2.52. The Morgan fingerprint density at radius 3 is 1.63 bits per heavy atom. The van der Waals surface area contributed by atoms with Gasteiger partial charge in [0.25, 0.3) is 0 Å². The third kappa shape index (κ3) is 4.73. The van der Waals surface area contributed by atoms with E-state index < -0.39 is 5.92 Å². The number of hydrogen-bond acceptors (Lipinski definition) is 2. The lowest BCUT2D eigenvalue weighted by Crippen LogP contribution is -2.43. The first-order valence-corrected chi connectivity index (χ1v) is 6.57. The van der Waals surface area contributed by atoms with E-state index in [-0.39, 0.29) is 23.9 Å². The maximum atomic E-state index is 12.2. The fourth-order valence-electron chi connectivity index (χ4n) is 1.80. The quantitative estimate of drug-likeness (QED) is 0.795. The van der Waals surface area contributed by atoms with Gasteiger partial charge in [-0.15, -0.1) is 0 Å². The topological polar surface area (TPSA) is 58.2 Å². The van der Waals surface area contributed by atoms with Gasteiger partial charge in [-0.25, -0.2) is 0 Å². The summed E-state index contributed by atoms with van der Waals surface area (Å²) in [6.45, 7) is 7.50. The molecule has 19 heavy (non-hydrogen) atoms. The van der Waals surface area contributed by atoms with Gasteiger partial charge in [-0.1, -0.05) is 30.3 Å². The Morgan fingerprint density at radius 1 is 0.842 bits per heavy atom. The lowest BCUT2D eigenvalue weighted by molar-refractivity contribution is -0.132. The van der Waals surface area contributed by atoms with Crippen LogP contribution in [0.15, 0.2) is 30.3 Å². The molecule has 4 nitrogen and oxygen atoms in total. The maximum absolute atomic E-state index is 12.2. The van der Waals surface area contributed by atoms with E-state index in [4.69, 9.17) is 0 Å². The van der Waals surface area contributed by atoms with Gasteiger partial charge >= 0.3 is 0 Å². The highest BCUT2D eigenvalue weighted by Crippen LogP contribution is 2.16. The Labute approximate surface area is 114 Å². The summed E-state index contributed by atoms with van der Waals surface area (Å²) in [4.78, 5) is 24.4. The van der Waals surface area contributed by atoms with Crippen LogP contribution < -0.4 is 10.6 Å². The van der Waals surface area contributed by atoms with Crippen LogP contribution in [-0.4, -0.2) is 23.9 Å². The molecule has 0 bridgehead atoms. The average Bonchev–Trinajstić information content (AvgIpc) is 2.28. The van der Waals surface area contributed by atoms with Crippen molar-refractivity contribution >= 4 is 11.8 Å². The van der Waals surface area contributed by atoms with Crippen molar-refractivity contribution in [3.63, 3.8) is 0 Å². The molecular weight excluding hydrogens is 240 g/mol. The van der Waals surface area contributed by atoms with Crippen LogP contribution in [0.3, 0.4) is 0 Å². The second kappa shape index (κ2) is 6.92. The van der Waals surface area contributed by atoms with E-state index in [1.165, 1.54) is 0 Å². The number of rotatable bonds is 5. The highest BCUT2D eigenvalue weighted by Gasteiger charge is 2.28. The SMILES string of the molecule is CC(C)NC(=O)C(C(=O)NC(C)C)c1ccccc1. The number of benzene rings is 1. The molecule has 0 fully saturated rings. The zero-order valence-corrected chi connectivity index (χ0v) is 11.9. The molecule has 1 rings (SSSR count). The first-order chi connectivity index (χ1) is 8.91. The molecule has 0 saturated carbocycles. The Balaban J connectivity index is 2.97. The van der Waals surface area contributed by atoms with Gasteiger partial charge in [0.05, 0.1) is 0 Å². The van der Waals surface area contributed by atoms with Crippen LogP contribution in [0.5, 0.6) is 0 Å². The van der Waals surface area contributed by atoms with Crippen molar-refractivity contribution < 1.29 is 9.59 Å². The molecule has 0 unspecified atom stereocenters. The van der Waals surface area contributed by atoms with E-state index in [0.717, 1.165) is 0 Å². The summed E-state index contributed by atoms with van der Waals surface area (Å²) in [5.74, 6) is -1.33. The minimum atomic E-state index is -0.800. The average molecular weight is 262 g/mol. The molecular formula is C15H22N2O2. The van der Waals surface area contributed by atoms with Crippen molar-refractivity contribution in [2.45, 2.75) is 45.7 Å². The van der Waals surface area contributed by atoms with E-state index in [9.17, 15) is 9.59 Å².